The molecule has 0 bridgehead atoms. The van der Waals surface area contributed by atoms with Crippen molar-refractivity contribution in [2.75, 3.05) is 0 Å². The van der Waals surface area contributed by atoms with Crippen molar-refractivity contribution in [3.63, 3.8) is 0 Å². The first-order valence-corrected chi connectivity index (χ1v) is 7.64. The minimum Gasteiger partial charge on any atom is -0.481 e. The van der Waals surface area contributed by atoms with E-state index in [9.17, 15) is 18.0 Å². The number of carbonyl (C=O) groups is 2. The number of hydrogen-bond acceptors (Lipinski definition) is 5. The number of rotatable bonds is 4. The second kappa shape index (κ2) is 7.68. The van der Waals surface area contributed by atoms with Gasteiger partial charge in [-0.05, 0) is 22.9 Å². The molecule has 0 spiro atoms. The van der Waals surface area contributed by atoms with Gasteiger partial charge in [0.15, 0.2) is 6.10 Å². The molecule has 0 fully saturated rings. The Labute approximate surface area is 131 Å². The zero-order valence-electron chi connectivity index (χ0n) is 11.7. The number of carboxylic acid groups (broad SMARTS) is 2. The molecule has 0 aliphatic heterocycles. The number of aliphatic hydroxyl groups is 1. The van der Waals surface area contributed by atoms with Crippen LogP contribution in [0.1, 0.15) is 6.42 Å². The first kappa shape index (κ1) is 18.6. The molecule has 4 N–H and O–H groups in total. The van der Waals surface area contributed by atoms with Gasteiger partial charge >= 0.3 is 11.9 Å². The third kappa shape index (κ3) is 6.02. The van der Waals surface area contributed by atoms with E-state index in [0.29, 0.717) is 0 Å². The Bertz CT molecular complexity index is 812. The first-order chi connectivity index (χ1) is 10.6. The van der Waals surface area contributed by atoms with Crippen molar-refractivity contribution in [1.29, 1.82) is 0 Å². The van der Waals surface area contributed by atoms with E-state index in [1.165, 1.54) is 12.1 Å². The van der Waals surface area contributed by atoms with Crippen LogP contribution >= 0.6 is 0 Å². The van der Waals surface area contributed by atoms with Gasteiger partial charge in [-0.1, -0.05) is 30.3 Å². The number of benzene rings is 2. The van der Waals surface area contributed by atoms with Crippen LogP contribution in [0.3, 0.4) is 0 Å². The summed E-state index contributed by atoms with van der Waals surface area (Å²) in [6.07, 6.45) is -2.54. The van der Waals surface area contributed by atoms with E-state index in [-0.39, 0.29) is 4.90 Å². The summed E-state index contributed by atoms with van der Waals surface area (Å²) in [5.41, 5.74) is 0. The molecule has 1 atom stereocenters. The van der Waals surface area contributed by atoms with E-state index in [1.54, 1.807) is 12.1 Å². The monoisotopic (exact) mass is 342 g/mol. The van der Waals surface area contributed by atoms with Crippen molar-refractivity contribution in [2.24, 2.45) is 0 Å². The zero-order chi connectivity index (χ0) is 17.6. The number of aliphatic hydroxyl groups excluding tert-OH is 1. The molecule has 0 aliphatic rings. The van der Waals surface area contributed by atoms with Crippen LogP contribution in [0.4, 0.5) is 0 Å². The molecule has 0 radical (unpaired) electrons. The highest BCUT2D eigenvalue weighted by Gasteiger charge is 2.16. The van der Waals surface area contributed by atoms with Crippen LogP contribution < -0.4 is 0 Å². The molecule has 0 aliphatic carbocycles. The SMILES string of the molecule is O=C(O)CC(O)C(=O)O.O=S(=O)(O)c1ccc2ccccc2c1. The number of hydrogen-bond donors (Lipinski definition) is 4. The Kier molecular flexibility index (Phi) is 6.19. The van der Waals surface area contributed by atoms with Crippen LogP contribution in [0.25, 0.3) is 10.8 Å². The largest absolute Gasteiger partial charge is 0.481 e. The predicted octanol–water partition coefficient (Wildman–Crippen LogP) is 0.993. The van der Waals surface area contributed by atoms with E-state index in [4.69, 9.17) is 19.9 Å². The van der Waals surface area contributed by atoms with Crippen LogP contribution in [0.15, 0.2) is 47.4 Å². The van der Waals surface area contributed by atoms with Gasteiger partial charge in [0.25, 0.3) is 10.1 Å². The molecule has 124 valence electrons. The second-order valence-electron chi connectivity index (χ2n) is 4.44. The molecular weight excluding hydrogens is 328 g/mol. The summed E-state index contributed by atoms with van der Waals surface area (Å²) in [7, 11) is -4.09. The van der Waals surface area contributed by atoms with Crippen LogP contribution in [0.2, 0.25) is 0 Å². The molecule has 8 nitrogen and oxygen atoms in total. The lowest BCUT2D eigenvalue weighted by atomic mass is 10.1. The Hall–Kier alpha value is -2.49. The summed E-state index contributed by atoms with van der Waals surface area (Å²) in [5, 5.41) is 25.9. The van der Waals surface area contributed by atoms with Crippen molar-refractivity contribution in [1.82, 2.24) is 0 Å². The highest BCUT2D eigenvalue weighted by Crippen LogP contribution is 2.18. The van der Waals surface area contributed by atoms with Gasteiger partial charge in [0, 0.05) is 0 Å². The number of fused-ring (bicyclic) bond motifs is 1. The molecule has 2 aromatic carbocycles. The average Bonchev–Trinajstić information content (AvgIpc) is 2.45. The highest BCUT2D eigenvalue weighted by molar-refractivity contribution is 7.85. The zero-order valence-corrected chi connectivity index (χ0v) is 12.5. The van der Waals surface area contributed by atoms with Crippen LogP contribution in [-0.2, 0) is 19.7 Å². The van der Waals surface area contributed by atoms with Crippen molar-refractivity contribution in [3.8, 4) is 0 Å². The van der Waals surface area contributed by atoms with Gasteiger partial charge in [0.05, 0.1) is 11.3 Å². The fraction of sp³-hybridized carbons (Fsp3) is 0.143. The Morgan fingerprint density at radius 2 is 1.57 bits per heavy atom. The summed E-state index contributed by atoms with van der Waals surface area (Å²) in [6, 6.07) is 11.9. The molecule has 0 heterocycles. The van der Waals surface area contributed by atoms with Gasteiger partial charge in [-0.2, -0.15) is 8.42 Å². The topological polar surface area (TPSA) is 149 Å². The van der Waals surface area contributed by atoms with Crippen LogP contribution in [0, 0.1) is 0 Å². The summed E-state index contributed by atoms with van der Waals surface area (Å²) in [6.45, 7) is 0. The fourth-order valence-corrected chi connectivity index (χ4v) is 2.10. The van der Waals surface area contributed by atoms with E-state index < -0.39 is 34.6 Å². The van der Waals surface area contributed by atoms with Gasteiger partial charge in [-0.25, -0.2) is 4.79 Å². The summed E-state index contributed by atoms with van der Waals surface area (Å²) in [5.74, 6) is -2.85. The molecule has 2 rings (SSSR count). The van der Waals surface area contributed by atoms with Gasteiger partial charge in [-0.15, -0.1) is 0 Å². The third-order valence-corrected chi connectivity index (χ3v) is 3.52. The molecule has 23 heavy (non-hydrogen) atoms. The Morgan fingerprint density at radius 1 is 1.00 bits per heavy atom. The van der Waals surface area contributed by atoms with Crippen LogP contribution in [-0.4, -0.2) is 46.3 Å². The summed E-state index contributed by atoms with van der Waals surface area (Å²) in [4.78, 5) is 19.3. The van der Waals surface area contributed by atoms with Crippen molar-refractivity contribution in [2.45, 2.75) is 17.4 Å². The van der Waals surface area contributed by atoms with E-state index in [0.717, 1.165) is 10.8 Å². The first-order valence-electron chi connectivity index (χ1n) is 6.20. The molecular formula is C14H14O8S. The molecule has 0 aromatic heterocycles. The fourth-order valence-electron chi connectivity index (χ4n) is 1.58. The van der Waals surface area contributed by atoms with E-state index >= 15 is 0 Å². The molecule has 0 saturated carbocycles. The number of aliphatic carboxylic acids is 2. The Morgan fingerprint density at radius 3 is 2.00 bits per heavy atom. The van der Waals surface area contributed by atoms with Gasteiger partial charge in [0.1, 0.15) is 0 Å². The summed E-state index contributed by atoms with van der Waals surface area (Å²) < 4.78 is 30.5. The normalized spacial score (nSPS) is 12.1. The predicted molar refractivity (Wildman–Crippen MR) is 79.7 cm³/mol. The summed E-state index contributed by atoms with van der Waals surface area (Å²) >= 11 is 0. The van der Waals surface area contributed by atoms with Crippen molar-refractivity contribution in [3.05, 3.63) is 42.5 Å². The van der Waals surface area contributed by atoms with Crippen molar-refractivity contribution >= 4 is 32.8 Å². The van der Waals surface area contributed by atoms with E-state index in [1.807, 2.05) is 18.2 Å². The smallest absolute Gasteiger partial charge is 0.333 e. The highest BCUT2D eigenvalue weighted by atomic mass is 32.2. The maximum atomic E-state index is 10.8. The third-order valence-electron chi connectivity index (χ3n) is 2.67. The molecule has 0 saturated heterocycles. The number of carboxylic acids is 2. The van der Waals surface area contributed by atoms with E-state index in [2.05, 4.69) is 0 Å². The molecule has 0 amide bonds. The van der Waals surface area contributed by atoms with Gasteiger partial charge in [0.2, 0.25) is 0 Å². The minimum absolute atomic E-state index is 0.0730. The van der Waals surface area contributed by atoms with Gasteiger partial charge in [-0.3, -0.25) is 9.35 Å². The van der Waals surface area contributed by atoms with Gasteiger partial charge < -0.3 is 15.3 Å². The molecule has 9 heteroatoms. The lowest BCUT2D eigenvalue weighted by Gasteiger charge is -1.99. The molecule has 2 aromatic rings. The Balaban J connectivity index is 0.000000257. The molecule has 1 unspecified atom stereocenters. The lowest BCUT2D eigenvalue weighted by Crippen LogP contribution is -2.22. The lowest BCUT2D eigenvalue weighted by molar-refractivity contribution is -0.152. The maximum Gasteiger partial charge on any atom is 0.333 e. The maximum absolute atomic E-state index is 10.8. The standard InChI is InChI=1S/C10H8O3S.C4H6O5/c11-14(12,13)10-6-5-8-3-1-2-4-9(8)7-10;5-2(4(8)9)1-3(6)7/h1-7H,(H,11,12,13);2,5H,1H2,(H,6,7)(H,8,9). The van der Waals surface area contributed by atoms with Crippen LogP contribution in [0.5, 0.6) is 0 Å². The second-order valence-corrected chi connectivity index (χ2v) is 5.86. The average molecular weight is 342 g/mol. The minimum atomic E-state index is -4.09. The quantitative estimate of drug-likeness (QED) is 0.601. The van der Waals surface area contributed by atoms with Crippen molar-refractivity contribution < 1.29 is 37.9 Å².